The molecule has 0 aromatic rings. The third-order valence-corrected chi connectivity index (χ3v) is 1.44. The normalized spacial score (nSPS) is 8.29. The average Bonchev–Trinajstić information content (AvgIpc) is 1.65. The molecule has 0 bridgehead atoms. The van der Waals surface area contributed by atoms with Crippen molar-refractivity contribution in [2.75, 3.05) is 0 Å². The standard InChI is InChI=1S/C5H8OSi/c1-3-5(7)4(2)6/h1-3,7H2. The fourth-order valence-corrected chi connectivity index (χ4v) is 0.139. The molecule has 0 amide bonds. The minimum Gasteiger partial charge on any atom is -0.295 e. The maximum absolute atomic E-state index is 10.2. The highest BCUT2D eigenvalue weighted by Gasteiger charge is 1.92. The molecule has 0 unspecified atom stereocenters. The molecule has 0 aliphatic rings. The quantitative estimate of drug-likeness (QED) is 0.437. The Kier molecular flexibility index (Phi) is 2.75. The molecule has 0 spiro atoms. The molecule has 2 heteroatoms. The maximum atomic E-state index is 10.2. The molecule has 2 radical (unpaired) electrons. The van der Waals surface area contributed by atoms with Crippen LogP contribution in [0.4, 0.5) is 0 Å². The van der Waals surface area contributed by atoms with E-state index >= 15 is 0 Å². The van der Waals surface area contributed by atoms with Gasteiger partial charge in [0, 0.05) is 6.92 Å². The largest absolute Gasteiger partial charge is 0.295 e. The molecule has 0 N–H and O–H groups in total. The molecule has 0 aromatic carbocycles. The minimum absolute atomic E-state index is 0.0895. The van der Waals surface area contributed by atoms with Crippen molar-refractivity contribution < 1.29 is 4.79 Å². The summed E-state index contributed by atoms with van der Waals surface area (Å²) in [5.41, 5.74) is 0. The van der Waals surface area contributed by atoms with Crippen molar-refractivity contribution in [2.24, 2.45) is 0 Å². The van der Waals surface area contributed by atoms with Crippen LogP contribution in [0, 0.1) is 13.8 Å². The summed E-state index contributed by atoms with van der Waals surface area (Å²) in [6.07, 6.45) is 0.584. The van der Waals surface area contributed by atoms with E-state index in [4.69, 9.17) is 0 Å². The van der Waals surface area contributed by atoms with Crippen LogP contribution in [-0.2, 0) is 4.79 Å². The Hall–Kier alpha value is -0.243. The first-order valence-corrected chi connectivity index (χ1v) is 2.72. The van der Waals surface area contributed by atoms with E-state index in [1.165, 1.54) is 0 Å². The van der Waals surface area contributed by atoms with Gasteiger partial charge in [-0.25, -0.2) is 0 Å². The van der Waals surface area contributed by atoms with Gasteiger partial charge in [0.05, 0.1) is 0 Å². The smallest absolute Gasteiger partial charge is 0.154 e. The van der Waals surface area contributed by atoms with Crippen molar-refractivity contribution >= 4 is 20.8 Å². The molecular formula is C5H8OSi. The number of rotatable bonds is 2. The molecule has 0 atom stereocenters. The second-order valence-electron chi connectivity index (χ2n) is 1.28. The van der Waals surface area contributed by atoms with Crippen LogP contribution in [-0.4, -0.2) is 20.8 Å². The highest BCUT2D eigenvalue weighted by Crippen LogP contribution is 1.77. The molecular weight excluding hydrogens is 104 g/mol. The van der Waals surface area contributed by atoms with E-state index < -0.39 is 0 Å². The molecule has 0 aliphatic carbocycles. The molecule has 1 nitrogen and oxygen atoms in total. The summed E-state index contributed by atoms with van der Waals surface area (Å²) in [4.78, 5) is 10.2. The van der Waals surface area contributed by atoms with Crippen LogP contribution in [0.1, 0.15) is 6.42 Å². The summed E-state index contributed by atoms with van der Waals surface area (Å²) in [5, 5.41) is 0.764. The SMILES string of the molecule is [CH2]CC(=[SiH2])C([CH2])=O. The Morgan fingerprint density at radius 3 is 2.14 bits per heavy atom. The van der Waals surface area contributed by atoms with E-state index in [-0.39, 0.29) is 5.78 Å². The fraction of sp³-hybridized carbons (Fsp3) is 0.200. The summed E-state index contributed by atoms with van der Waals surface area (Å²) in [6.45, 7) is 6.72. The van der Waals surface area contributed by atoms with Gasteiger partial charge in [-0.3, -0.25) is 4.79 Å². The molecule has 0 heterocycles. The summed E-state index contributed by atoms with van der Waals surface area (Å²) < 4.78 is 0. The van der Waals surface area contributed by atoms with E-state index in [9.17, 15) is 4.79 Å². The lowest BCUT2D eigenvalue weighted by Crippen LogP contribution is -2.07. The number of ketones is 1. The van der Waals surface area contributed by atoms with Gasteiger partial charge in [-0.2, -0.15) is 0 Å². The number of Topliss-reactive ketones (excluding diaryl/α,β-unsaturated/α-hetero) is 1. The van der Waals surface area contributed by atoms with E-state index in [1.54, 1.807) is 9.85 Å². The molecule has 0 aliphatic heterocycles. The first kappa shape index (κ1) is 6.76. The zero-order valence-electron chi connectivity index (χ0n) is 4.24. The summed E-state index contributed by atoms with van der Waals surface area (Å²) in [6, 6.07) is 0. The zero-order chi connectivity index (χ0) is 5.86. The Morgan fingerprint density at radius 1 is 1.71 bits per heavy atom. The molecule has 0 aromatic heterocycles. The molecule has 38 valence electrons. The predicted octanol–water partition coefficient (Wildman–Crippen LogP) is -0.581. The number of hydrogen-bond donors (Lipinski definition) is 0. The average molecular weight is 112 g/mol. The minimum atomic E-state index is -0.0895. The van der Waals surface area contributed by atoms with E-state index in [1.807, 2.05) is 0 Å². The van der Waals surface area contributed by atoms with Crippen LogP contribution in [0.25, 0.3) is 0 Å². The number of carbonyl (C=O) groups excluding carboxylic acids is 1. The predicted molar refractivity (Wildman–Crippen MR) is 33.9 cm³/mol. The second-order valence-corrected chi connectivity index (χ2v) is 2.13. The first-order valence-electron chi connectivity index (χ1n) is 2.01. The van der Waals surface area contributed by atoms with Gasteiger partial charge in [0.15, 0.2) is 5.78 Å². The Morgan fingerprint density at radius 2 is 2.14 bits per heavy atom. The van der Waals surface area contributed by atoms with Crippen molar-refractivity contribution in [1.29, 1.82) is 0 Å². The molecule has 0 saturated carbocycles. The van der Waals surface area contributed by atoms with Crippen LogP contribution in [0.2, 0.25) is 0 Å². The van der Waals surface area contributed by atoms with Crippen molar-refractivity contribution in [1.82, 2.24) is 0 Å². The maximum Gasteiger partial charge on any atom is 0.154 e. The van der Waals surface area contributed by atoms with Gasteiger partial charge in [-0.05, 0) is 28.4 Å². The lowest BCUT2D eigenvalue weighted by atomic mass is 10.2. The number of hydrogen-bond acceptors (Lipinski definition) is 1. The van der Waals surface area contributed by atoms with Crippen LogP contribution in [0.3, 0.4) is 0 Å². The van der Waals surface area contributed by atoms with Crippen molar-refractivity contribution in [3.05, 3.63) is 13.8 Å². The first-order chi connectivity index (χ1) is 3.18. The van der Waals surface area contributed by atoms with E-state index in [2.05, 4.69) is 13.8 Å². The van der Waals surface area contributed by atoms with E-state index in [0.717, 1.165) is 5.17 Å². The molecule has 7 heavy (non-hydrogen) atoms. The van der Waals surface area contributed by atoms with Gasteiger partial charge in [-0.1, -0.05) is 0 Å². The van der Waals surface area contributed by atoms with Crippen molar-refractivity contribution in [3.8, 4) is 0 Å². The third kappa shape index (κ3) is 2.45. The summed E-state index contributed by atoms with van der Waals surface area (Å²) in [7, 11) is 1.55. The van der Waals surface area contributed by atoms with Gasteiger partial charge in [0.1, 0.15) is 0 Å². The van der Waals surface area contributed by atoms with Crippen LogP contribution >= 0.6 is 0 Å². The van der Waals surface area contributed by atoms with Crippen molar-refractivity contribution in [2.45, 2.75) is 6.42 Å². The van der Waals surface area contributed by atoms with Crippen molar-refractivity contribution in [3.63, 3.8) is 0 Å². The molecule has 0 fully saturated rings. The second kappa shape index (κ2) is 2.85. The molecule has 0 saturated heterocycles. The topological polar surface area (TPSA) is 17.1 Å². The number of carbonyl (C=O) groups is 1. The van der Waals surface area contributed by atoms with Crippen LogP contribution < -0.4 is 0 Å². The lowest BCUT2D eigenvalue weighted by molar-refractivity contribution is -0.109. The van der Waals surface area contributed by atoms with Gasteiger partial charge >= 0.3 is 0 Å². The van der Waals surface area contributed by atoms with Gasteiger partial charge in [0.2, 0.25) is 0 Å². The Bertz CT molecular complexity index is 96.3. The highest BCUT2D eigenvalue weighted by molar-refractivity contribution is 6.63. The van der Waals surface area contributed by atoms with Gasteiger partial charge < -0.3 is 0 Å². The monoisotopic (exact) mass is 112 g/mol. The zero-order valence-corrected chi connectivity index (χ0v) is 5.65. The highest BCUT2D eigenvalue weighted by atomic mass is 28.1. The fourth-order valence-electron chi connectivity index (χ4n) is 0.139. The molecule has 0 rings (SSSR count). The lowest BCUT2D eigenvalue weighted by Gasteiger charge is -1.89. The Labute approximate surface area is 46.8 Å². The third-order valence-electron chi connectivity index (χ3n) is 0.696. The summed E-state index contributed by atoms with van der Waals surface area (Å²) in [5.74, 6) is -0.0895. The van der Waals surface area contributed by atoms with Crippen LogP contribution in [0.15, 0.2) is 0 Å². The van der Waals surface area contributed by atoms with Crippen LogP contribution in [0.5, 0.6) is 0 Å². The van der Waals surface area contributed by atoms with Gasteiger partial charge in [-0.15, -0.1) is 0 Å². The Balaban J connectivity index is 3.58. The van der Waals surface area contributed by atoms with E-state index in [0.29, 0.717) is 6.42 Å². The van der Waals surface area contributed by atoms with Gasteiger partial charge in [0.25, 0.3) is 0 Å². The summed E-state index contributed by atoms with van der Waals surface area (Å²) >= 11 is 0.